The number of rotatable bonds is 4. The van der Waals surface area contributed by atoms with Crippen molar-refractivity contribution in [3.05, 3.63) is 52.6 Å². The molecule has 0 radical (unpaired) electrons. The third-order valence-corrected chi connectivity index (χ3v) is 5.86. The summed E-state index contributed by atoms with van der Waals surface area (Å²) in [6, 6.07) is 9.36. The van der Waals surface area contributed by atoms with E-state index < -0.39 is 10.0 Å². The normalized spacial score (nSPS) is 11.4. The summed E-state index contributed by atoms with van der Waals surface area (Å²) in [4.78, 5) is 2.35. The van der Waals surface area contributed by atoms with E-state index >= 15 is 0 Å². The van der Waals surface area contributed by atoms with Gasteiger partial charge in [0.15, 0.2) is 0 Å². The lowest BCUT2D eigenvalue weighted by Crippen LogP contribution is -2.17. The van der Waals surface area contributed by atoms with Gasteiger partial charge < -0.3 is 4.90 Å². The lowest BCUT2D eigenvalue weighted by molar-refractivity contribution is 0.599. The molecule has 0 saturated carbocycles. The van der Waals surface area contributed by atoms with Crippen molar-refractivity contribution in [2.75, 3.05) is 23.7 Å². The summed E-state index contributed by atoms with van der Waals surface area (Å²) in [6.45, 7) is 7.58. The molecule has 0 spiro atoms. The van der Waals surface area contributed by atoms with Gasteiger partial charge >= 0.3 is 0 Å². The predicted molar refractivity (Wildman–Crippen MR) is 97.0 cm³/mol. The van der Waals surface area contributed by atoms with Crippen LogP contribution in [0.1, 0.15) is 22.3 Å². The molecule has 0 heterocycles. The van der Waals surface area contributed by atoms with Crippen molar-refractivity contribution >= 4 is 21.4 Å². The summed E-state index contributed by atoms with van der Waals surface area (Å²) in [7, 11) is 0.275. The molecular formula is C18H24N2O2S. The van der Waals surface area contributed by atoms with Crippen LogP contribution in [0.15, 0.2) is 35.2 Å². The fourth-order valence-electron chi connectivity index (χ4n) is 2.62. The van der Waals surface area contributed by atoms with Crippen molar-refractivity contribution in [3.63, 3.8) is 0 Å². The molecule has 5 heteroatoms. The Kier molecular flexibility index (Phi) is 4.71. The first-order valence-electron chi connectivity index (χ1n) is 7.51. The molecule has 1 N–H and O–H groups in total. The molecule has 0 aliphatic heterocycles. The highest BCUT2D eigenvalue weighted by atomic mass is 32.2. The van der Waals surface area contributed by atoms with Crippen molar-refractivity contribution in [3.8, 4) is 0 Å². The van der Waals surface area contributed by atoms with Gasteiger partial charge in [0.1, 0.15) is 0 Å². The maximum absolute atomic E-state index is 12.8. The third kappa shape index (κ3) is 3.50. The minimum Gasteiger partial charge on any atom is -0.378 e. The van der Waals surface area contributed by atoms with Gasteiger partial charge in [0.2, 0.25) is 0 Å². The van der Waals surface area contributed by atoms with Crippen molar-refractivity contribution in [2.24, 2.45) is 0 Å². The summed E-state index contributed by atoms with van der Waals surface area (Å²) in [5.41, 5.74) is 5.14. The molecule has 2 aromatic rings. The molecule has 23 heavy (non-hydrogen) atoms. The zero-order valence-electron chi connectivity index (χ0n) is 14.6. The quantitative estimate of drug-likeness (QED) is 0.927. The van der Waals surface area contributed by atoms with Crippen LogP contribution in [0.5, 0.6) is 0 Å². The van der Waals surface area contributed by atoms with E-state index in [9.17, 15) is 8.42 Å². The molecule has 0 bridgehead atoms. The summed E-state index contributed by atoms with van der Waals surface area (Å²) < 4.78 is 28.4. The van der Waals surface area contributed by atoms with Crippen molar-refractivity contribution < 1.29 is 8.42 Å². The average molecular weight is 332 g/mol. The predicted octanol–water partition coefficient (Wildman–Crippen LogP) is 3.79. The molecule has 2 rings (SSSR count). The first-order chi connectivity index (χ1) is 10.6. The molecule has 0 aliphatic rings. The molecular weight excluding hydrogens is 308 g/mol. The largest absolute Gasteiger partial charge is 0.378 e. The number of nitrogens with zero attached hydrogens (tertiary/aromatic N) is 1. The van der Waals surface area contributed by atoms with Crippen LogP contribution in [0.3, 0.4) is 0 Å². The molecule has 124 valence electrons. The zero-order valence-corrected chi connectivity index (χ0v) is 15.4. The average Bonchev–Trinajstić information content (AvgIpc) is 2.45. The van der Waals surface area contributed by atoms with Crippen LogP contribution in [-0.2, 0) is 10.0 Å². The Morgan fingerprint density at radius 3 is 1.78 bits per heavy atom. The number of hydrogen-bond donors (Lipinski definition) is 1. The second kappa shape index (κ2) is 6.24. The van der Waals surface area contributed by atoms with Crippen LogP contribution in [0.4, 0.5) is 11.4 Å². The fraction of sp³-hybridized carbons (Fsp3) is 0.333. The molecule has 0 unspecified atom stereocenters. The number of hydrogen-bond acceptors (Lipinski definition) is 3. The van der Waals surface area contributed by atoms with Crippen molar-refractivity contribution in [1.82, 2.24) is 0 Å². The molecule has 0 aliphatic carbocycles. The lowest BCUT2D eigenvalue weighted by Gasteiger charge is -2.17. The van der Waals surface area contributed by atoms with Gasteiger partial charge in [-0.1, -0.05) is 6.07 Å². The fourth-order valence-corrected chi connectivity index (χ4v) is 4.29. The molecule has 0 saturated heterocycles. The zero-order chi connectivity index (χ0) is 17.4. The van der Waals surface area contributed by atoms with Gasteiger partial charge in [-0.15, -0.1) is 0 Å². The summed E-state index contributed by atoms with van der Waals surface area (Å²) in [5.74, 6) is 0. The van der Waals surface area contributed by atoms with E-state index in [4.69, 9.17) is 0 Å². The van der Waals surface area contributed by atoms with Gasteiger partial charge in [0.25, 0.3) is 10.0 Å². The number of anilines is 2. The molecule has 0 atom stereocenters. The Morgan fingerprint density at radius 2 is 1.35 bits per heavy atom. The maximum atomic E-state index is 12.8. The summed E-state index contributed by atoms with van der Waals surface area (Å²) in [6.07, 6.45) is 0. The van der Waals surface area contributed by atoms with Gasteiger partial charge in [-0.2, -0.15) is 0 Å². The monoisotopic (exact) mass is 332 g/mol. The second-order valence-electron chi connectivity index (χ2n) is 6.14. The van der Waals surface area contributed by atoms with E-state index in [0.717, 1.165) is 27.9 Å². The van der Waals surface area contributed by atoms with E-state index in [-0.39, 0.29) is 0 Å². The first-order valence-corrected chi connectivity index (χ1v) is 8.99. The van der Waals surface area contributed by atoms with Gasteiger partial charge in [-0.05, 0) is 74.2 Å². The van der Waals surface area contributed by atoms with Gasteiger partial charge in [0.05, 0.1) is 4.90 Å². The van der Waals surface area contributed by atoms with Crippen molar-refractivity contribution in [2.45, 2.75) is 32.6 Å². The Balaban J connectivity index is 2.44. The lowest BCUT2D eigenvalue weighted by atomic mass is 10.0. The molecule has 2 aromatic carbocycles. The maximum Gasteiger partial charge on any atom is 0.262 e. The standard InChI is InChI=1S/C18H24N2O2S/c1-12-11-13(2)15(4)18(14(12)3)23(21,22)19-16-7-9-17(10-8-16)20(5)6/h7-11,19H,1-6H3. The Hall–Kier alpha value is -2.01. The highest BCUT2D eigenvalue weighted by Gasteiger charge is 2.22. The minimum absolute atomic E-state index is 0.381. The summed E-state index contributed by atoms with van der Waals surface area (Å²) in [5, 5.41) is 0. The van der Waals surface area contributed by atoms with Crippen LogP contribution >= 0.6 is 0 Å². The Morgan fingerprint density at radius 1 is 0.870 bits per heavy atom. The Bertz CT molecular complexity index is 797. The van der Waals surface area contributed by atoms with Crippen LogP contribution in [0.2, 0.25) is 0 Å². The Labute approximate surface area is 139 Å². The van der Waals surface area contributed by atoms with E-state index in [1.54, 1.807) is 12.1 Å². The second-order valence-corrected chi connectivity index (χ2v) is 7.76. The van der Waals surface area contributed by atoms with Crippen LogP contribution in [-0.4, -0.2) is 22.5 Å². The highest BCUT2D eigenvalue weighted by Crippen LogP contribution is 2.28. The van der Waals surface area contributed by atoms with E-state index in [1.807, 2.05) is 64.9 Å². The minimum atomic E-state index is -3.62. The van der Waals surface area contributed by atoms with Crippen LogP contribution in [0.25, 0.3) is 0 Å². The number of benzene rings is 2. The number of sulfonamides is 1. The van der Waals surface area contributed by atoms with E-state index in [0.29, 0.717) is 10.6 Å². The van der Waals surface area contributed by atoms with Crippen LogP contribution in [0, 0.1) is 27.7 Å². The smallest absolute Gasteiger partial charge is 0.262 e. The molecule has 0 aromatic heterocycles. The SMILES string of the molecule is Cc1cc(C)c(C)c(S(=O)(=O)Nc2ccc(N(C)C)cc2)c1C. The summed E-state index contributed by atoms with van der Waals surface area (Å²) >= 11 is 0. The molecule has 0 amide bonds. The van der Waals surface area contributed by atoms with Crippen molar-refractivity contribution in [1.29, 1.82) is 0 Å². The van der Waals surface area contributed by atoms with Gasteiger partial charge in [-0.25, -0.2) is 8.42 Å². The number of nitrogens with one attached hydrogen (secondary N) is 1. The molecule has 0 fully saturated rings. The van der Waals surface area contributed by atoms with Crippen LogP contribution < -0.4 is 9.62 Å². The van der Waals surface area contributed by atoms with Gasteiger partial charge in [-0.3, -0.25) is 4.72 Å². The van der Waals surface area contributed by atoms with Gasteiger partial charge in [0, 0.05) is 25.5 Å². The topological polar surface area (TPSA) is 49.4 Å². The van der Waals surface area contributed by atoms with E-state index in [1.165, 1.54) is 0 Å². The first kappa shape index (κ1) is 17.3. The van der Waals surface area contributed by atoms with E-state index in [2.05, 4.69) is 4.72 Å². The number of aryl methyl sites for hydroxylation is 2. The molecule has 4 nitrogen and oxygen atoms in total. The third-order valence-electron chi connectivity index (χ3n) is 4.20. The highest BCUT2D eigenvalue weighted by molar-refractivity contribution is 7.92.